The summed E-state index contributed by atoms with van der Waals surface area (Å²) >= 11 is 0. The fraction of sp³-hybridized carbons (Fsp3) is 0.346. The maximum atomic E-state index is 13.7. The van der Waals surface area contributed by atoms with E-state index >= 15 is 0 Å². The maximum absolute atomic E-state index is 13.7. The number of ketones is 1. The van der Waals surface area contributed by atoms with Crippen molar-refractivity contribution in [2.24, 2.45) is 0 Å². The summed E-state index contributed by atoms with van der Waals surface area (Å²) in [5, 5.41) is 15.6. The molecule has 0 aliphatic carbocycles. The fourth-order valence-corrected chi connectivity index (χ4v) is 3.43. The van der Waals surface area contributed by atoms with E-state index in [-0.39, 0.29) is 12.6 Å². The predicted molar refractivity (Wildman–Crippen MR) is 131 cm³/mol. The van der Waals surface area contributed by atoms with E-state index in [1.165, 1.54) is 0 Å². The molecule has 2 aromatic carbocycles. The van der Waals surface area contributed by atoms with E-state index in [0.29, 0.717) is 6.42 Å². The Morgan fingerprint density at radius 1 is 0.925 bits per heavy atom. The number of benzene rings is 2. The quantitative estimate of drug-likeness (QED) is 0.172. The third-order valence-electron chi connectivity index (χ3n) is 5.65. The molecule has 0 saturated carbocycles. The number of Topliss-reactive ketones (excluding diaryl/α,β-unsaturated/α-hetero) is 1. The molecule has 40 heavy (non-hydrogen) atoms. The van der Waals surface area contributed by atoms with E-state index in [0.717, 1.165) is 23.6 Å². The van der Waals surface area contributed by atoms with Gasteiger partial charge in [0, 0.05) is 12.6 Å². The van der Waals surface area contributed by atoms with Crippen molar-refractivity contribution < 1.29 is 51.4 Å². The Kier molecular flexibility index (Phi) is 11.1. The Morgan fingerprint density at radius 3 is 2.15 bits per heavy atom. The van der Waals surface area contributed by atoms with E-state index in [1.807, 2.05) is 37.4 Å². The van der Waals surface area contributed by atoms with Crippen molar-refractivity contribution in [1.82, 2.24) is 16.0 Å². The Bertz CT molecular complexity index is 1290. The van der Waals surface area contributed by atoms with Crippen LogP contribution in [-0.2, 0) is 30.4 Å². The first-order valence-corrected chi connectivity index (χ1v) is 11.9. The minimum absolute atomic E-state index is 0.0756. The summed E-state index contributed by atoms with van der Waals surface area (Å²) < 4.78 is 58.7. The molecule has 0 aromatic heterocycles. The van der Waals surface area contributed by atoms with Crippen molar-refractivity contribution >= 4 is 29.5 Å². The summed E-state index contributed by atoms with van der Waals surface area (Å²) in [6.45, 7) is 3.82. The highest BCUT2D eigenvalue weighted by atomic mass is 19.2. The molecule has 2 rings (SSSR count). The van der Waals surface area contributed by atoms with Crippen molar-refractivity contribution in [1.29, 1.82) is 0 Å². The Hall–Kier alpha value is -4.49. The second-order valence-electron chi connectivity index (χ2n) is 8.84. The van der Waals surface area contributed by atoms with Gasteiger partial charge in [0.2, 0.25) is 17.5 Å². The molecule has 2 aromatic rings. The molecular formula is C26H27F4N3O7. The topological polar surface area (TPSA) is 151 Å². The van der Waals surface area contributed by atoms with Gasteiger partial charge in [0.05, 0.1) is 6.42 Å². The van der Waals surface area contributed by atoms with Crippen LogP contribution in [0.5, 0.6) is 5.75 Å². The molecule has 14 heteroatoms. The van der Waals surface area contributed by atoms with Gasteiger partial charge in [0.15, 0.2) is 23.2 Å². The Balaban J connectivity index is 1.94. The first-order valence-electron chi connectivity index (χ1n) is 11.9. The SMILES string of the molecule is Cc1ccc(C)c(CCNC(=O)C(=O)N[C@@H](C)C(=O)N[C@@H](CC(=O)O)C(=O)COc2c(F)c(F)cc(F)c2F)c1. The van der Waals surface area contributed by atoms with E-state index in [2.05, 4.69) is 15.4 Å². The molecule has 0 heterocycles. The predicted octanol–water partition coefficient (Wildman–Crippen LogP) is 1.63. The molecular weight excluding hydrogens is 542 g/mol. The van der Waals surface area contributed by atoms with Crippen molar-refractivity contribution in [3.05, 3.63) is 64.2 Å². The van der Waals surface area contributed by atoms with Gasteiger partial charge >= 0.3 is 17.8 Å². The monoisotopic (exact) mass is 569 g/mol. The summed E-state index contributed by atoms with van der Waals surface area (Å²) in [6, 6.07) is 2.48. The van der Waals surface area contributed by atoms with Crippen LogP contribution in [0.1, 0.15) is 30.0 Å². The highest BCUT2D eigenvalue weighted by Crippen LogP contribution is 2.26. The second-order valence-corrected chi connectivity index (χ2v) is 8.84. The van der Waals surface area contributed by atoms with Gasteiger partial charge in [-0.15, -0.1) is 0 Å². The van der Waals surface area contributed by atoms with Crippen molar-refractivity contribution in [3.8, 4) is 5.75 Å². The van der Waals surface area contributed by atoms with Crippen LogP contribution in [0.15, 0.2) is 24.3 Å². The van der Waals surface area contributed by atoms with Gasteiger partial charge in [0.1, 0.15) is 18.7 Å². The Labute approximate surface area is 226 Å². The van der Waals surface area contributed by atoms with Gasteiger partial charge in [0.25, 0.3) is 0 Å². The number of amides is 3. The largest absolute Gasteiger partial charge is 0.481 e. The smallest absolute Gasteiger partial charge is 0.309 e. The first kappa shape index (κ1) is 31.7. The van der Waals surface area contributed by atoms with Gasteiger partial charge in [-0.2, -0.15) is 8.78 Å². The standard InChI is InChI=1S/C26H27F4N3O7/c1-12-4-5-13(2)15(8-12)6-7-31-25(38)26(39)32-14(3)24(37)33-18(10-20(35)36)19(34)11-40-23-21(29)16(27)9-17(28)22(23)30/h4-5,8-9,14,18H,6-7,10-11H2,1-3H3,(H,31,38)(H,32,39)(H,33,37)(H,35,36)/t14-,18-/m0/s1. The van der Waals surface area contributed by atoms with Crippen LogP contribution >= 0.6 is 0 Å². The molecule has 0 saturated heterocycles. The van der Waals surface area contributed by atoms with Crippen LogP contribution < -0.4 is 20.7 Å². The zero-order valence-corrected chi connectivity index (χ0v) is 21.7. The van der Waals surface area contributed by atoms with Crippen molar-refractivity contribution in [3.63, 3.8) is 0 Å². The summed E-state index contributed by atoms with van der Waals surface area (Å²) in [5.41, 5.74) is 3.00. The van der Waals surface area contributed by atoms with Crippen molar-refractivity contribution in [2.75, 3.05) is 13.2 Å². The van der Waals surface area contributed by atoms with Crippen LogP contribution in [-0.4, -0.2) is 59.8 Å². The summed E-state index contributed by atoms with van der Waals surface area (Å²) in [5.74, 6) is -15.1. The third kappa shape index (κ3) is 8.78. The lowest BCUT2D eigenvalue weighted by Gasteiger charge is -2.20. The average molecular weight is 570 g/mol. The van der Waals surface area contributed by atoms with E-state index < -0.39 is 83.6 Å². The lowest BCUT2D eigenvalue weighted by molar-refractivity contribution is -0.141. The third-order valence-corrected chi connectivity index (χ3v) is 5.65. The number of carboxylic acid groups (broad SMARTS) is 1. The lowest BCUT2D eigenvalue weighted by Crippen LogP contribution is -2.53. The lowest BCUT2D eigenvalue weighted by atomic mass is 10.0. The van der Waals surface area contributed by atoms with Gasteiger partial charge in [-0.25, -0.2) is 8.78 Å². The molecule has 10 nitrogen and oxygen atoms in total. The fourth-order valence-electron chi connectivity index (χ4n) is 3.43. The van der Waals surface area contributed by atoms with E-state index in [4.69, 9.17) is 5.11 Å². The number of carbonyl (C=O) groups excluding carboxylic acids is 4. The summed E-state index contributed by atoms with van der Waals surface area (Å²) in [6.07, 6.45) is -0.560. The molecule has 4 N–H and O–H groups in total. The average Bonchev–Trinajstić information content (AvgIpc) is 2.88. The molecule has 3 amide bonds. The highest BCUT2D eigenvalue weighted by molar-refractivity contribution is 6.35. The molecule has 0 bridgehead atoms. The number of nitrogens with one attached hydrogen (secondary N) is 3. The Morgan fingerprint density at radius 2 is 1.55 bits per heavy atom. The van der Waals surface area contributed by atoms with E-state index in [9.17, 15) is 41.5 Å². The number of halogens is 4. The molecule has 0 spiro atoms. The normalized spacial score (nSPS) is 12.2. The summed E-state index contributed by atoms with van der Waals surface area (Å²) in [7, 11) is 0. The molecule has 0 aliphatic heterocycles. The van der Waals surface area contributed by atoms with Crippen LogP contribution in [0.3, 0.4) is 0 Å². The number of rotatable bonds is 12. The van der Waals surface area contributed by atoms with Gasteiger partial charge in [-0.3, -0.25) is 24.0 Å². The zero-order valence-electron chi connectivity index (χ0n) is 21.7. The minimum Gasteiger partial charge on any atom is -0.481 e. The van der Waals surface area contributed by atoms with Crippen LogP contribution in [0.4, 0.5) is 17.6 Å². The molecule has 2 atom stereocenters. The van der Waals surface area contributed by atoms with Crippen LogP contribution in [0.2, 0.25) is 0 Å². The van der Waals surface area contributed by atoms with Crippen LogP contribution in [0, 0.1) is 37.1 Å². The molecule has 216 valence electrons. The number of aryl methyl sites for hydroxylation is 2. The second kappa shape index (κ2) is 14.1. The zero-order chi connectivity index (χ0) is 30.1. The number of hydrogen-bond donors (Lipinski definition) is 4. The maximum Gasteiger partial charge on any atom is 0.309 e. The van der Waals surface area contributed by atoms with Gasteiger partial charge < -0.3 is 25.8 Å². The number of ether oxygens (including phenoxy) is 1. The summed E-state index contributed by atoms with van der Waals surface area (Å²) in [4.78, 5) is 60.4. The number of carbonyl (C=O) groups is 5. The van der Waals surface area contributed by atoms with Gasteiger partial charge in [-0.05, 0) is 38.3 Å². The molecule has 0 fully saturated rings. The number of aliphatic carboxylic acids is 1. The molecule has 0 aliphatic rings. The van der Waals surface area contributed by atoms with E-state index in [1.54, 1.807) is 0 Å². The molecule has 0 unspecified atom stereocenters. The minimum atomic E-state index is -1.92. The van der Waals surface area contributed by atoms with Gasteiger partial charge in [-0.1, -0.05) is 23.8 Å². The molecule has 0 radical (unpaired) electrons. The van der Waals surface area contributed by atoms with Crippen molar-refractivity contribution in [2.45, 2.75) is 45.7 Å². The number of hydrogen-bond acceptors (Lipinski definition) is 6. The first-order chi connectivity index (χ1) is 18.7. The highest BCUT2D eigenvalue weighted by Gasteiger charge is 2.29. The van der Waals surface area contributed by atoms with Crippen LogP contribution in [0.25, 0.3) is 0 Å². The number of carboxylic acids is 1.